The monoisotopic (exact) mass is 218 g/mol. The first-order chi connectivity index (χ1) is 6.85. The third-order valence-corrected chi connectivity index (χ3v) is 6.86. The zero-order chi connectivity index (χ0) is 11.3. The molecule has 1 heteroatoms. The van der Waals surface area contributed by atoms with E-state index in [0.717, 1.165) is 11.5 Å². The molecule has 0 saturated heterocycles. The van der Waals surface area contributed by atoms with Crippen molar-refractivity contribution in [3.63, 3.8) is 0 Å². The molecule has 1 saturated carbocycles. The first-order valence-electron chi connectivity index (χ1n) is 5.90. The molecule has 0 heterocycles. The van der Waals surface area contributed by atoms with E-state index in [4.69, 9.17) is 0 Å². The Balaban J connectivity index is 2.28. The molecule has 0 amide bonds. The van der Waals surface area contributed by atoms with Crippen molar-refractivity contribution >= 4 is 8.07 Å². The van der Waals surface area contributed by atoms with Crippen LogP contribution in [-0.2, 0) is 0 Å². The van der Waals surface area contributed by atoms with Gasteiger partial charge in [-0.05, 0) is 22.4 Å². The molecule has 0 aromatic heterocycles. The van der Waals surface area contributed by atoms with Gasteiger partial charge in [-0.3, -0.25) is 0 Å². The van der Waals surface area contributed by atoms with Gasteiger partial charge in [0.25, 0.3) is 0 Å². The lowest BCUT2D eigenvalue weighted by atomic mass is 10.0. The van der Waals surface area contributed by atoms with Gasteiger partial charge in [-0.25, -0.2) is 0 Å². The molecule has 0 bridgehead atoms. The number of benzene rings is 1. The topological polar surface area (TPSA) is 0 Å². The summed E-state index contributed by atoms with van der Waals surface area (Å²) < 4.78 is 0. The van der Waals surface area contributed by atoms with Crippen LogP contribution < -0.4 is 0 Å². The van der Waals surface area contributed by atoms with E-state index in [0.29, 0.717) is 5.41 Å². The highest BCUT2D eigenvalue weighted by Gasteiger charge is 2.62. The summed E-state index contributed by atoms with van der Waals surface area (Å²) in [6.45, 7) is 12.4. The molecule has 15 heavy (non-hydrogen) atoms. The summed E-state index contributed by atoms with van der Waals surface area (Å²) in [6.07, 6.45) is 0. The minimum atomic E-state index is -1.00. The van der Waals surface area contributed by atoms with Crippen molar-refractivity contribution in [3.05, 3.63) is 35.9 Å². The molecule has 0 radical (unpaired) electrons. The summed E-state index contributed by atoms with van der Waals surface area (Å²) in [6, 6.07) is 11.1. The second-order valence-corrected chi connectivity index (χ2v) is 11.9. The SMILES string of the molecule is CC1(C)C(c2ccccc2)[C@H]1[Si](C)(C)C. The molecule has 1 aliphatic carbocycles. The molecule has 0 aliphatic heterocycles. The Kier molecular flexibility index (Phi) is 2.34. The number of rotatable bonds is 2. The molecular weight excluding hydrogens is 196 g/mol. The van der Waals surface area contributed by atoms with E-state index >= 15 is 0 Å². The molecule has 82 valence electrons. The summed E-state index contributed by atoms with van der Waals surface area (Å²) in [5, 5.41) is 0. The first-order valence-corrected chi connectivity index (χ1v) is 9.48. The van der Waals surface area contributed by atoms with E-state index in [2.05, 4.69) is 63.8 Å². The summed E-state index contributed by atoms with van der Waals surface area (Å²) in [5.74, 6) is 0.811. The molecule has 0 N–H and O–H groups in total. The highest BCUT2D eigenvalue weighted by atomic mass is 28.3. The van der Waals surface area contributed by atoms with Crippen LogP contribution in [0.2, 0.25) is 25.2 Å². The van der Waals surface area contributed by atoms with E-state index in [1.54, 1.807) is 5.56 Å². The van der Waals surface area contributed by atoms with E-state index in [-0.39, 0.29) is 0 Å². The smallest absolute Gasteiger partial charge is 0.0486 e. The van der Waals surface area contributed by atoms with E-state index < -0.39 is 8.07 Å². The van der Waals surface area contributed by atoms with Gasteiger partial charge >= 0.3 is 0 Å². The highest BCUT2D eigenvalue weighted by molar-refractivity contribution is 6.78. The molecule has 2 atom stereocenters. The van der Waals surface area contributed by atoms with Gasteiger partial charge in [-0.15, -0.1) is 0 Å². The fourth-order valence-corrected chi connectivity index (χ4v) is 7.47. The van der Waals surface area contributed by atoms with Gasteiger partial charge in [0.1, 0.15) is 0 Å². The van der Waals surface area contributed by atoms with Crippen molar-refractivity contribution in [3.8, 4) is 0 Å². The maximum atomic E-state index is 2.50. The van der Waals surface area contributed by atoms with Gasteiger partial charge in [0.2, 0.25) is 0 Å². The normalized spacial score (nSPS) is 28.9. The maximum absolute atomic E-state index is 2.50. The van der Waals surface area contributed by atoms with Crippen molar-refractivity contribution in [2.75, 3.05) is 0 Å². The fraction of sp³-hybridized carbons (Fsp3) is 0.571. The van der Waals surface area contributed by atoms with Crippen LogP contribution in [0, 0.1) is 5.41 Å². The standard InChI is InChI=1S/C14H22Si/c1-14(2)12(13(14)15(3,4)5)11-9-7-6-8-10-11/h6-10,12-13H,1-5H3/t12?,13-/m1/s1. The molecule has 1 aromatic rings. The Morgan fingerprint density at radius 2 is 1.53 bits per heavy atom. The van der Waals surface area contributed by atoms with Crippen LogP contribution in [0.3, 0.4) is 0 Å². The number of hydrogen-bond acceptors (Lipinski definition) is 0. The molecule has 0 spiro atoms. The largest absolute Gasteiger partial charge is 0.0693 e. The molecule has 1 aromatic carbocycles. The Labute approximate surface area is 94.7 Å². The van der Waals surface area contributed by atoms with Crippen LogP contribution in [0.15, 0.2) is 30.3 Å². The minimum absolute atomic E-state index is 0.534. The summed E-state index contributed by atoms with van der Waals surface area (Å²) in [4.78, 5) is 0. The zero-order valence-corrected chi connectivity index (χ0v) is 11.5. The van der Waals surface area contributed by atoms with Gasteiger partial charge in [-0.1, -0.05) is 63.8 Å². The summed E-state index contributed by atoms with van der Waals surface area (Å²) in [5.41, 5.74) is 3.04. The lowest BCUT2D eigenvalue weighted by molar-refractivity contribution is 0.618. The van der Waals surface area contributed by atoms with Gasteiger partial charge < -0.3 is 0 Å². The third kappa shape index (κ3) is 1.78. The Morgan fingerprint density at radius 3 is 1.93 bits per heavy atom. The lowest BCUT2D eigenvalue weighted by Gasteiger charge is -2.17. The van der Waals surface area contributed by atoms with Crippen molar-refractivity contribution in [1.82, 2.24) is 0 Å². The average molecular weight is 218 g/mol. The van der Waals surface area contributed by atoms with E-state index in [1.165, 1.54) is 0 Å². The van der Waals surface area contributed by atoms with Crippen molar-refractivity contribution in [2.24, 2.45) is 5.41 Å². The Bertz CT molecular complexity index is 345. The predicted octanol–water partition coefficient (Wildman–Crippen LogP) is 4.52. The van der Waals surface area contributed by atoms with Crippen LogP contribution in [0.25, 0.3) is 0 Å². The second-order valence-electron chi connectivity index (χ2n) is 6.55. The second kappa shape index (κ2) is 3.21. The fourth-order valence-electron chi connectivity index (χ4n) is 3.54. The van der Waals surface area contributed by atoms with Crippen LogP contribution >= 0.6 is 0 Å². The van der Waals surface area contributed by atoms with Crippen molar-refractivity contribution in [1.29, 1.82) is 0 Å². The van der Waals surface area contributed by atoms with Crippen LogP contribution in [0.4, 0.5) is 0 Å². The average Bonchev–Trinajstić information content (AvgIpc) is 2.70. The maximum Gasteiger partial charge on any atom is 0.0486 e. The van der Waals surface area contributed by atoms with Gasteiger partial charge in [-0.2, -0.15) is 0 Å². The zero-order valence-electron chi connectivity index (χ0n) is 10.5. The Hall–Kier alpha value is -0.563. The van der Waals surface area contributed by atoms with E-state index in [1.807, 2.05) is 0 Å². The summed E-state index contributed by atoms with van der Waals surface area (Å²) >= 11 is 0. The molecule has 1 aliphatic rings. The molecule has 2 rings (SSSR count). The van der Waals surface area contributed by atoms with E-state index in [9.17, 15) is 0 Å². The van der Waals surface area contributed by atoms with Gasteiger partial charge in [0.05, 0.1) is 0 Å². The minimum Gasteiger partial charge on any atom is -0.0693 e. The Morgan fingerprint density at radius 1 is 1.00 bits per heavy atom. The van der Waals surface area contributed by atoms with Crippen molar-refractivity contribution in [2.45, 2.75) is 44.9 Å². The van der Waals surface area contributed by atoms with Crippen LogP contribution in [0.5, 0.6) is 0 Å². The lowest BCUT2D eigenvalue weighted by Crippen LogP contribution is -2.22. The molecular formula is C14H22Si. The number of hydrogen-bond donors (Lipinski definition) is 0. The van der Waals surface area contributed by atoms with Gasteiger partial charge in [0.15, 0.2) is 0 Å². The molecule has 1 fully saturated rings. The highest BCUT2D eigenvalue weighted by Crippen LogP contribution is 2.72. The van der Waals surface area contributed by atoms with Crippen molar-refractivity contribution < 1.29 is 0 Å². The predicted molar refractivity (Wildman–Crippen MR) is 70.1 cm³/mol. The molecule has 1 unspecified atom stereocenters. The van der Waals surface area contributed by atoms with Crippen LogP contribution in [0.1, 0.15) is 25.3 Å². The van der Waals surface area contributed by atoms with Gasteiger partial charge in [0, 0.05) is 8.07 Å². The first kappa shape index (κ1) is 10.9. The quantitative estimate of drug-likeness (QED) is 0.640. The van der Waals surface area contributed by atoms with Crippen LogP contribution in [-0.4, -0.2) is 8.07 Å². The molecule has 0 nitrogen and oxygen atoms in total. The third-order valence-electron chi connectivity index (χ3n) is 3.92. The summed E-state index contributed by atoms with van der Waals surface area (Å²) in [7, 11) is -1.00.